The average molecular weight is 1150 g/mol. The van der Waals surface area contributed by atoms with Crippen LogP contribution in [-0.4, -0.2) is 379 Å². The van der Waals surface area contributed by atoms with E-state index in [4.69, 9.17) is 61.6 Å². The zero-order valence-electron chi connectivity index (χ0n) is 40.8. The van der Waals surface area contributed by atoms with Crippen LogP contribution in [0.15, 0.2) is 0 Å². The molecular formula is C42H72O36. The minimum atomic E-state index is -2.16. The molecule has 36 heteroatoms. The number of aliphatic hydroxyl groups is 23. The third-order valence-corrected chi connectivity index (χ3v) is 14.5. The Morgan fingerprint density at radius 1 is 0.218 bits per heavy atom. The van der Waals surface area contributed by atoms with Crippen molar-refractivity contribution < 1.29 is 179 Å². The van der Waals surface area contributed by atoms with E-state index in [9.17, 15) is 117 Å². The highest BCUT2D eigenvalue weighted by molar-refractivity contribution is 4.99. The maximum absolute atomic E-state index is 11.5. The Morgan fingerprint density at radius 2 is 0.449 bits per heavy atom. The lowest BCUT2D eigenvalue weighted by Gasteiger charge is -2.47. The number of ether oxygens (including phenoxy) is 13. The molecule has 0 amide bonds. The molecule has 0 aromatic carbocycles. The van der Waals surface area contributed by atoms with Crippen molar-refractivity contribution in [2.24, 2.45) is 0 Å². The molecular weight excluding hydrogens is 1080 g/mol. The van der Waals surface area contributed by atoms with Crippen LogP contribution >= 0.6 is 0 Å². The van der Waals surface area contributed by atoms with E-state index in [1.165, 1.54) is 0 Å². The molecule has 35 atom stereocenters. The van der Waals surface area contributed by atoms with Gasteiger partial charge in [-0.1, -0.05) is 0 Å². The van der Waals surface area contributed by atoms with Gasteiger partial charge in [0.05, 0.1) is 46.2 Å². The highest BCUT2D eigenvalue weighted by atomic mass is 16.8. The van der Waals surface area contributed by atoms with Crippen LogP contribution < -0.4 is 0 Å². The van der Waals surface area contributed by atoms with Gasteiger partial charge in [-0.3, -0.25) is 0 Å². The van der Waals surface area contributed by atoms with Gasteiger partial charge in [0.15, 0.2) is 44.0 Å². The topological polar surface area (TPSA) is 585 Å². The fourth-order valence-electron chi connectivity index (χ4n) is 9.57. The van der Waals surface area contributed by atoms with Gasteiger partial charge in [-0.05, 0) is 0 Å². The summed E-state index contributed by atoms with van der Waals surface area (Å²) in [6.07, 6.45) is -67.5. The van der Waals surface area contributed by atoms with Crippen LogP contribution in [0.3, 0.4) is 0 Å². The molecule has 7 aliphatic rings. The van der Waals surface area contributed by atoms with E-state index < -0.39 is 261 Å². The summed E-state index contributed by atoms with van der Waals surface area (Å²) in [6.45, 7) is -6.25. The summed E-state index contributed by atoms with van der Waals surface area (Å²) in [7, 11) is 0. The molecule has 0 aromatic heterocycles. The molecule has 7 fully saturated rings. The summed E-state index contributed by atoms with van der Waals surface area (Å²) in [4.78, 5) is 0. The van der Waals surface area contributed by atoms with Crippen molar-refractivity contribution in [2.45, 2.75) is 215 Å². The number of rotatable bonds is 19. The predicted molar refractivity (Wildman–Crippen MR) is 232 cm³/mol. The monoisotopic (exact) mass is 1150 g/mol. The molecule has 36 nitrogen and oxygen atoms in total. The van der Waals surface area contributed by atoms with Gasteiger partial charge in [0.25, 0.3) is 0 Å². The molecule has 7 saturated heterocycles. The Hall–Kier alpha value is -1.44. The van der Waals surface area contributed by atoms with Crippen molar-refractivity contribution in [1.82, 2.24) is 0 Å². The Kier molecular flexibility index (Phi) is 22.6. The molecule has 0 radical (unpaired) electrons. The first-order chi connectivity index (χ1) is 36.8. The molecule has 0 bridgehead atoms. The minimum Gasteiger partial charge on any atom is -0.394 e. The zero-order valence-corrected chi connectivity index (χ0v) is 40.8. The fraction of sp³-hybridized carbons (Fsp3) is 1.00. The second kappa shape index (κ2) is 27.5. The van der Waals surface area contributed by atoms with Crippen LogP contribution in [0.4, 0.5) is 0 Å². The lowest BCUT2D eigenvalue weighted by molar-refractivity contribution is -0.375. The molecule has 7 rings (SSSR count). The third kappa shape index (κ3) is 13.5. The lowest BCUT2D eigenvalue weighted by Crippen LogP contribution is -2.66. The number of hydrogen-bond acceptors (Lipinski definition) is 36. The van der Waals surface area contributed by atoms with Gasteiger partial charge in [0.2, 0.25) is 0 Å². The van der Waals surface area contributed by atoms with Crippen LogP contribution in [0.1, 0.15) is 0 Å². The second-order valence-electron chi connectivity index (χ2n) is 19.7. The number of hydrogen-bond donors (Lipinski definition) is 23. The molecule has 456 valence electrons. The Morgan fingerprint density at radius 3 is 0.769 bits per heavy atom. The quantitative estimate of drug-likeness (QED) is 0.0571. The highest BCUT2D eigenvalue weighted by Crippen LogP contribution is 2.35. The van der Waals surface area contributed by atoms with Gasteiger partial charge in [0.1, 0.15) is 171 Å². The van der Waals surface area contributed by atoms with E-state index in [-0.39, 0.29) is 0 Å². The smallest absolute Gasteiger partial charge is 0.187 e. The van der Waals surface area contributed by atoms with Gasteiger partial charge in [-0.15, -0.1) is 0 Å². The zero-order chi connectivity index (χ0) is 57.3. The van der Waals surface area contributed by atoms with E-state index in [1.807, 2.05) is 0 Å². The first-order valence-electron chi connectivity index (χ1n) is 24.6. The molecule has 7 heterocycles. The standard InChI is InChI=1S/C42H72O36/c43-1-8-15(46)23(54)28(59)37(71-8)66-6-13-20(51)35(78-42-31(62)25(56)17(48)10(3-45)73-42)33(64)40(76-13)69-5-12-19(50)26(57)29(60)38(74-12)67-7-14-21(52)34(77-41-30(61)24(55)16(47)9(2-44)72-41)32(63)39(75-14)68-4-11-18(49)22(53)27(58)36(65)70-11/h8-65H,1-7H2/t8-,9-,10-,11-,12-,13-,14-,15-,16-,17-,18-,19-,20-,21-,22+,23+,24+,25+,26+,27-,28-,29-,30-,31-,32-,33-,34+,35+,36+,37-,38-,39-,40-,41+,42+/m1/s1. The lowest BCUT2D eigenvalue weighted by atomic mass is 9.96. The van der Waals surface area contributed by atoms with E-state index in [2.05, 4.69) is 0 Å². The Bertz CT molecular complexity index is 1810. The van der Waals surface area contributed by atoms with Crippen LogP contribution in [0.25, 0.3) is 0 Å². The van der Waals surface area contributed by atoms with Gasteiger partial charge < -0.3 is 179 Å². The van der Waals surface area contributed by atoms with E-state index in [0.29, 0.717) is 0 Å². The summed E-state index contributed by atoms with van der Waals surface area (Å²) in [5.41, 5.74) is 0. The summed E-state index contributed by atoms with van der Waals surface area (Å²) >= 11 is 0. The van der Waals surface area contributed by atoms with Crippen LogP contribution in [0, 0.1) is 0 Å². The molecule has 0 aliphatic carbocycles. The predicted octanol–water partition coefficient (Wildman–Crippen LogP) is -16.3. The van der Waals surface area contributed by atoms with Gasteiger partial charge in [-0.25, -0.2) is 0 Å². The van der Waals surface area contributed by atoms with Crippen molar-refractivity contribution >= 4 is 0 Å². The molecule has 0 aromatic rings. The van der Waals surface area contributed by atoms with E-state index in [1.54, 1.807) is 0 Å². The molecule has 0 spiro atoms. The van der Waals surface area contributed by atoms with Crippen LogP contribution in [0.5, 0.6) is 0 Å². The van der Waals surface area contributed by atoms with Crippen molar-refractivity contribution in [2.75, 3.05) is 46.2 Å². The maximum atomic E-state index is 11.5. The largest absolute Gasteiger partial charge is 0.394 e. The van der Waals surface area contributed by atoms with Crippen molar-refractivity contribution in [1.29, 1.82) is 0 Å². The minimum absolute atomic E-state index is 0.832. The van der Waals surface area contributed by atoms with Gasteiger partial charge >= 0.3 is 0 Å². The summed E-state index contributed by atoms with van der Waals surface area (Å²) in [5, 5.41) is 242. The van der Waals surface area contributed by atoms with Crippen molar-refractivity contribution in [3.63, 3.8) is 0 Å². The Balaban J connectivity index is 1.06. The van der Waals surface area contributed by atoms with Gasteiger partial charge in [-0.2, -0.15) is 0 Å². The molecule has 23 N–H and O–H groups in total. The van der Waals surface area contributed by atoms with Crippen LogP contribution in [0.2, 0.25) is 0 Å². The van der Waals surface area contributed by atoms with E-state index in [0.717, 1.165) is 0 Å². The molecule has 78 heavy (non-hydrogen) atoms. The first kappa shape index (κ1) is 64.1. The molecule has 0 unspecified atom stereocenters. The molecule has 0 saturated carbocycles. The SMILES string of the molecule is OC[C@H]1O[C@@H](OC[C@H]2O[C@@H](OC[C@H]3O[C@@H](OC[C@H]4O[C@@H](OC[C@H]5O[C@H](O)[C@H](O)[C@@H](O)[C@@H]5O)[C@H](O)[C@@H](O[C@@H]5O[C@H](CO)[C@@H](O)[C@H](O)[C@H]5O)[C@@H]4O)[C@H](O)[C@@H](O)[C@@H]3O)[C@H](O)[C@@H](O[C@@H]3O[C@H](CO)[C@@H](O)[C@H](O)[C@H]3O)[C@@H]2O)[C@H](O)[C@@H](O)[C@@H]1O. The average Bonchev–Trinajstić information content (AvgIpc) is 3.49. The number of aliphatic hydroxyl groups excluding tert-OH is 23. The van der Waals surface area contributed by atoms with Gasteiger partial charge in [0, 0.05) is 0 Å². The maximum Gasteiger partial charge on any atom is 0.187 e. The molecule has 7 aliphatic heterocycles. The summed E-state index contributed by atoms with van der Waals surface area (Å²) < 4.78 is 72.2. The summed E-state index contributed by atoms with van der Waals surface area (Å²) in [5.74, 6) is 0. The van der Waals surface area contributed by atoms with E-state index >= 15 is 0 Å². The summed E-state index contributed by atoms with van der Waals surface area (Å²) in [6, 6.07) is 0. The Labute approximate surface area is 439 Å². The van der Waals surface area contributed by atoms with Crippen LogP contribution in [-0.2, 0) is 61.6 Å². The normalized spacial score (nSPS) is 53.5. The first-order valence-corrected chi connectivity index (χ1v) is 24.6. The third-order valence-electron chi connectivity index (χ3n) is 14.5. The second-order valence-corrected chi connectivity index (χ2v) is 19.7. The fourth-order valence-corrected chi connectivity index (χ4v) is 9.57. The highest BCUT2D eigenvalue weighted by Gasteiger charge is 2.56. The van der Waals surface area contributed by atoms with Crippen molar-refractivity contribution in [3.8, 4) is 0 Å². The van der Waals surface area contributed by atoms with Crippen molar-refractivity contribution in [3.05, 3.63) is 0 Å².